The molecule has 5 heterocycles. The van der Waals surface area contributed by atoms with Crippen molar-refractivity contribution in [3.8, 4) is 0 Å². The van der Waals surface area contributed by atoms with Crippen LogP contribution in [0.4, 0.5) is 14.5 Å². The van der Waals surface area contributed by atoms with E-state index in [0.29, 0.717) is 42.1 Å². The molecule has 1 amide bonds. The van der Waals surface area contributed by atoms with Crippen LogP contribution in [0, 0.1) is 18.7 Å². The van der Waals surface area contributed by atoms with E-state index >= 15 is 4.39 Å². The van der Waals surface area contributed by atoms with Crippen LogP contribution in [0.3, 0.4) is 0 Å². The number of aromatic nitrogens is 3. The monoisotopic (exact) mass is 440 g/mol. The maximum absolute atomic E-state index is 15.0. The summed E-state index contributed by atoms with van der Waals surface area (Å²) < 4.78 is 29.6. The zero-order chi connectivity index (χ0) is 22.6. The average molecular weight is 440 g/mol. The number of carbonyl (C=O) groups excluding carboxylic acids is 1. The number of anilines is 1. The van der Waals surface area contributed by atoms with Crippen LogP contribution in [0.25, 0.3) is 11.0 Å². The Morgan fingerprint density at radius 1 is 1.19 bits per heavy atom. The predicted molar refractivity (Wildman–Crippen MR) is 115 cm³/mol. The van der Waals surface area contributed by atoms with Crippen LogP contribution in [0.1, 0.15) is 28.2 Å². The molecule has 0 radical (unpaired) electrons. The van der Waals surface area contributed by atoms with Crippen LogP contribution in [0.15, 0.2) is 29.1 Å². The molecule has 166 valence electrons. The smallest absolute Gasteiger partial charge is 0.269 e. The predicted octanol–water partition coefficient (Wildman–Crippen LogP) is 1.73. The molecule has 10 heteroatoms. The number of carbonyl (C=O) groups is 1. The molecule has 32 heavy (non-hydrogen) atoms. The van der Waals surface area contributed by atoms with E-state index in [1.807, 2.05) is 4.90 Å². The fraction of sp³-hybridized carbons (Fsp3) is 0.364. The van der Waals surface area contributed by atoms with Crippen LogP contribution in [0.2, 0.25) is 0 Å². The highest BCUT2D eigenvalue weighted by Crippen LogP contribution is 2.38. The van der Waals surface area contributed by atoms with E-state index < -0.39 is 23.2 Å². The number of hydrogen-bond donors (Lipinski definition) is 2. The number of amides is 1. The molecule has 8 nitrogen and oxygen atoms in total. The standard InChI is InChI=1S/C22H22F2N6O2/c1-11-21(31)28-19-15(26-11)4-3-12(18(19)23)8-29-9-13-7-14(10-29)30(13)17-6-5-16(22(32)25-2)27-20(17)24/h3-6,13-14H,7-10H2,1-2H3,(H,25,32)(H,28,31). The number of aryl methyl sites for hydroxylation is 1. The molecule has 2 aromatic heterocycles. The SMILES string of the molecule is CNC(=O)c1ccc(N2C3CC2CN(Cc2ccc4nc(C)c(=O)[nH]c4c2F)C3)c(F)n1. The maximum atomic E-state index is 15.0. The Kier molecular flexibility index (Phi) is 4.89. The van der Waals surface area contributed by atoms with Crippen molar-refractivity contribution < 1.29 is 13.6 Å². The van der Waals surface area contributed by atoms with Crippen molar-refractivity contribution in [3.05, 3.63) is 63.3 Å². The van der Waals surface area contributed by atoms with Crippen molar-refractivity contribution in [3.63, 3.8) is 0 Å². The number of nitrogens with one attached hydrogen (secondary N) is 2. The Bertz CT molecular complexity index is 1280. The highest BCUT2D eigenvalue weighted by Gasteiger charge is 2.45. The highest BCUT2D eigenvalue weighted by molar-refractivity contribution is 5.92. The van der Waals surface area contributed by atoms with Gasteiger partial charge in [0, 0.05) is 44.3 Å². The molecule has 3 aliphatic rings. The molecule has 2 unspecified atom stereocenters. The molecule has 3 fully saturated rings. The van der Waals surface area contributed by atoms with Crippen molar-refractivity contribution >= 4 is 22.6 Å². The molecular formula is C22H22F2N6O2. The van der Waals surface area contributed by atoms with Crippen LogP contribution in [-0.2, 0) is 6.54 Å². The Balaban J connectivity index is 1.32. The molecule has 6 rings (SSSR count). The number of piperazine rings is 1. The second-order valence-corrected chi connectivity index (χ2v) is 8.31. The van der Waals surface area contributed by atoms with Crippen LogP contribution >= 0.6 is 0 Å². The molecule has 0 aliphatic carbocycles. The van der Waals surface area contributed by atoms with Gasteiger partial charge in [-0.15, -0.1) is 0 Å². The molecule has 2 atom stereocenters. The molecule has 2 bridgehead atoms. The summed E-state index contributed by atoms with van der Waals surface area (Å²) in [6.45, 7) is 3.26. The minimum Gasteiger partial charge on any atom is -0.359 e. The number of hydrogen-bond acceptors (Lipinski definition) is 6. The summed E-state index contributed by atoms with van der Waals surface area (Å²) in [5.74, 6) is -1.57. The lowest BCUT2D eigenvalue weighted by Crippen LogP contribution is -2.69. The van der Waals surface area contributed by atoms with Gasteiger partial charge in [-0.3, -0.25) is 14.5 Å². The van der Waals surface area contributed by atoms with Gasteiger partial charge in [0.2, 0.25) is 5.95 Å². The van der Waals surface area contributed by atoms with E-state index in [9.17, 15) is 14.0 Å². The maximum Gasteiger partial charge on any atom is 0.269 e. The summed E-state index contributed by atoms with van der Waals surface area (Å²) in [4.78, 5) is 38.2. The number of nitrogens with zero attached hydrogens (tertiary/aromatic N) is 4. The summed E-state index contributed by atoms with van der Waals surface area (Å²) >= 11 is 0. The summed E-state index contributed by atoms with van der Waals surface area (Å²) in [5, 5.41) is 2.43. The van der Waals surface area contributed by atoms with Gasteiger partial charge in [0.25, 0.3) is 11.5 Å². The van der Waals surface area contributed by atoms with Crippen LogP contribution < -0.4 is 15.8 Å². The number of halogens is 2. The van der Waals surface area contributed by atoms with Gasteiger partial charge in [0.15, 0.2) is 5.82 Å². The van der Waals surface area contributed by atoms with E-state index in [2.05, 4.69) is 25.2 Å². The minimum atomic E-state index is -0.665. The summed E-state index contributed by atoms with van der Waals surface area (Å²) in [7, 11) is 1.47. The number of pyridine rings is 1. The highest BCUT2D eigenvalue weighted by atomic mass is 19.1. The number of benzene rings is 1. The van der Waals surface area contributed by atoms with E-state index in [4.69, 9.17) is 0 Å². The molecule has 0 saturated carbocycles. The van der Waals surface area contributed by atoms with E-state index in [1.54, 1.807) is 25.1 Å². The lowest BCUT2D eigenvalue weighted by atomic mass is 9.86. The van der Waals surface area contributed by atoms with E-state index in [1.165, 1.54) is 13.1 Å². The third-order valence-corrected chi connectivity index (χ3v) is 6.28. The molecule has 0 spiro atoms. The first-order chi connectivity index (χ1) is 15.4. The number of piperidine rings is 1. The summed E-state index contributed by atoms with van der Waals surface area (Å²) in [6, 6.07) is 6.69. The zero-order valence-electron chi connectivity index (χ0n) is 17.7. The lowest BCUT2D eigenvalue weighted by Gasteiger charge is -2.57. The topological polar surface area (TPSA) is 94.2 Å². The Morgan fingerprint density at radius 2 is 1.94 bits per heavy atom. The molecule has 3 aliphatic heterocycles. The third-order valence-electron chi connectivity index (χ3n) is 6.28. The molecular weight excluding hydrogens is 418 g/mol. The quantitative estimate of drug-likeness (QED) is 0.600. The van der Waals surface area contributed by atoms with Crippen molar-refractivity contribution in [1.82, 2.24) is 25.2 Å². The molecule has 1 aromatic carbocycles. The van der Waals surface area contributed by atoms with Crippen molar-refractivity contribution in [2.45, 2.75) is 32.0 Å². The van der Waals surface area contributed by atoms with Crippen molar-refractivity contribution in [1.29, 1.82) is 0 Å². The third kappa shape index (κ3) is 3.31. The van der Waals surface area contributed by atoms with E-state index in [0.717, 1.165) is 6.42 Å². The van der Waals surface area contributed by atoms with Gasteiger partial charge in [-0.1, -0.05) is 6.07 Å². The van der Waals surface area contributed by atoms with Gasteiger partial charge in [-0.2, -0.15) is 4.39 Å². The summed E-state index contributed by atoms with van der Waals surface area (Å²) in [6.07, 6.45) is 0.920. The van der Waals surface area contributed by atoms with Gasteiger partial charge in [0.1, 0.15) is 16.9 Å². The van der Waals surface area contributed by atoms with Crippen molar-refractivity contribution in [2.24, 2.45) is 0 Å². The second-order valence-electron chi connectivity index (χ2n) is 8.31. The number of fused-ring (bicyclic) bond motifs is 3. The number of rotatable bonds is 4. The molecule has 2 N–H and O–H groups in total. The normalized spacial score (nSPS) is 20.3. The average Bonchev–Trinajstić information content (AvgIpc) is 2.78. The second kappa shape index (κ2) is 7.63. The van der Waals surface area contributed by atoms with Gasteiger partial charge < -0.3 is 15.2 Å². The van der Waals surface area contributed by atoms with Crippen molar-refractivity contribution in [2.75, 3.05) is 25.0 Å². The first-order valence-corrected chi connectivity index (χ1v) is 10.4. The Morgan fingerprint density at radius 3 is 2.62 bits per heavy atom. The Labute approximate surface area is 182 Å². The van der Waals surface area contributed by atoms with Crippen LogP contribution in [-0.4, -0.2) is 58.0 Å². The zero-order valence-corrected chi connectivity index (χ0v) is 17.7. The molecule has 3 aromatic rings. The Hall–Kier alpha value is -3.40. The number of aromatic amines is 1. The van der Waals surface area contributed by atoms with Crippen LogP contribution in [0.5, 0.6) is 0 Å². The number of H-pyrrole nitrogens is 1. The fourth-order valence-electron chi connectivity index (χ4n) is 4.71. The molecule has 3 saturated heterocycles. The van der Waals surface area contributed by atoms with E-state index in [-0.39, 0.29) is 23.3 Å². The minimum absolute atomic E-state index is 0.0376. The lowest BCUT2D eigenvalue weighted by molar-refractivity contribution is 0.0956. The van der Waals surface area contributed by atoms with Gasteiger partial charge in [-0.05, 0) is 31.5 Å². The van der Waals surface area contributed by atoms with Gasteiger partial charge in [0.05, 0.1) is 11.2 Å². The largest absolute Gasteiger partial charge is 0.359 e. The summed E-state index contributed by atoms with van der Waals surface area (Å²) in [5.41, 5.74) is 1.33. The van der Waals surface area contributed by atoms with Gasteiger partial charge in [-0.25, -0.2) is 14.4 Å². The first kappa shape index (κ1) is 20.5. The fourth-order valence-corrected chi connectivity index (χ4v) is 4.71. The first-order valence-electron chi connectivity index (χ1n) is 10.4. The van der Waals surface area contributed by atoms with Gasteiger partial charge >= 0.3 is 0 Å².